The van der Waals surface area contributed by atoms with Gasteiger partial charge in [-0.3, -0.25) is 4.90 Å². The molecule has 4 heteroatoms. The van der Waals surface area contributed by atoms with E-state index in [0.29, 0.717) is 6.04 Å². The van der Waals surface area contributed by atoms with Gasteiger partial charge in [-0.15, -0.1) is 0 Å². The third-order valence-electron chi connectivity index (χ3n) is 4.01. The minimum atomic E-state index is 0.693. The Kier molecular flexibility index (Phi) is 3.03. The van der Waals surface area contributed by atoms with Gasteiger partial charge in [-0.25, -0.2) is 0 Å². The fourth-order valence-corrected chi connectivity index (χ4v) is 3.16. The van der Waals surface area contributed by atoms with Crippen LogP contribution in [0, 0.1) is 0 Å². The number of nitrogens with zero attached hydrogens (tertiary/aromatic N) is 2. The zero-order chi connectivity index (χ0) is 11.0. The minimum absolute atomic E-state index is 0.693. The second-order valence-electron chi connectivity index (χ2n) is 5.36. The van der Waals surface area contributed by atoms with E-state index in [4.69, 9.17) is 12.2 Å². The van der Waals surface area contributed by atoms with Gasteiger partial charge >= 0.3 is 0 Å². The molecule has 3 nitrogen and oxygen atoms in total. The van der Waals surface area contributed by atoms with E-state index in [0.717, 1.165) is 24.2 Å². The lowest BCUT2D eigenvalue weighted by Crippen LogP contribution is -2.42. The van der Waals surface area contributed by atoms with E-state index in [9.17, 15) is 0 Å². The van der Waals surface area contributed by atoms with E-state index in [1.54, 1.807) is 0 Å². The molecule has 1 atom stereocenters. The molecule has 1 aliphatic carbocycles. The molecule has 0 spiro atoms. The summed E-state index contributed by atoms with van der Waals surface area (Å²) in [5.74, 6) is 0. The maximum atomic E-state index is 5.45. The molecule has 3 aliphatic rings. The van der Waals surface area contributed by atoms with E-state index >= 15 is 0 Å². The van der Waals surface area contributed by atoms with Crippen molar-refractivity contribution in [3.63, 3.8) is 0 Å². The molecule has 1 saturated carbocycles. The quantitative estimate of drug-likeness (QED) is 0.729. The van der Waals surface area contributed by atoms with E-state index in [2.05, 4.69) is 15.1 Å². The van der Waals surface area contributed by atoms with Gasteiger partial charge in [0.05, 0.1) is 0 Å². The molecule has 2 aliphatic heterocycles. The zero-order valence-corrected chi connectivity index (χ0v) is 10.6. The number of hydrogen-bond acceptors (Lipinski definition) is 2. The first kappa shape index (κ1) is 10.8. The first-order valence-corrected chi connectivity index (χ1v) is 7.03. The lowest BCUT2D eigenvalue weighted by atomic mass is 10.2. The fourth-order valence-electron chi connectivity index (χ4n) is 2.82. The van der Waals surface area contributed by atoms with Crippen LogP contribution in [0.3, 0.4) is 0 Å². The first-order valence-electron chi connectivity index (χ1n) is 6.62. The lowest BCUT2D eigenvalue weighted by molar-refractivity contribution is 0.249. The summed E-state index contributed by atoms with van der Waals surface area (Å²) in [6.07, 6.45) is 6.70. The average molecular weight is 239 g/mol. The molecule has 3 rings (SSSR count). The van der Waals surface area contributed by atoms with Gasteiger partial charge in [-0.2, -0.15) is 0 Å². The molecule has 2 saturated heterocycles. The second kappa shape index (κ2) is 4.49. The van der Waals surface area contributed by atoms with Crippen molar-refractivity contribution < 1.29 is 0 Å². The number of hydrogen-bond donors (Lipinski definition) is 1. The van der Waals surface area contributed by atoms with E-state index < -0.39 is 0 Å². The van der Waals surface area contributed by atoms with Crippen LogP contribution >= 0.6 is 12.2 Å². The van der Waals surface area contributed by atoms with E-state index in [1.807, 2.05) is 0 Å². The van der Waals surface area contributed by atoms with Crippen LogP contribution in [-0.2, 0) is 0 Å². The largest absolute Gasteiger partial charge is 0.360 e. The van der Waals surface area contributed by atoms with Crippen molar-refractivity contribution in [1.82, 2.24) is 15.1 Å². The number of rotatable bonds is 2. The first-order chi connectivity index (χ1) is 7.83. The number of thiocarbonyl (C=S) groups is 1. The third kappa shape index (κ3) is 2.33. The molecular formula is C12H21N3S. The van der Waals surface area contributed by atoms with Gasteiger partial charge in [0.15, 0.2) is 5.11 Å². The van der Waals surface area contributed by atoms with Crippen molar-refractivity contribution in [2.24, 2.45) is 0 Å². The van der Waals surface area contributed by atoms with Crippen molar-refractivity contribution in [1.29, 1.82) is 0 Å². The normalized spacial score (nSPS) is 31.0. The summed E-state index contributed by atoms with van der Waals surface area (Å²) in [7, 11) is 0. The summed E-state index contributed by atoms with van der Waals surface area (Å²) in [5.41, 5.74) is 0. The Balaban J connectivity index is 1.49. The average Bonchev–Trinajstić information content (AvgIpc) is 2.84. The van der Waals surface area contributed by atoms with Crippen LogP contribution in [0.2, 0.25) is 0 Å². The Bertz CT molecular complexity index is 271. The molecule has 0 aromatic heterocycles. The van der Waals surface area contributed by atoms with Gasteiger partial charge in [-0.1, -0.05) is 0 Å². The highest BCUT2D eigenvalue weighted by Crippen LogP contribution is 2.22. The van der Waals surface area contributed by atoms with Crippen molar-refractivity contribution in [3.05, 3.63) is 0 Å². The van der Waals surface area contributed by atoms with Crippen LogP contribution in [-0.4, -0.2) is 53.2 Å². The van der Waals surface area contributed by atoms with Gasteiger partial charge in [0.25, 0.3) is 0 Å². The molecule has 3 fully saturated rings. The van der Waals surface area contributed by atoms with Crippen LogP contribution in [0.5, 0.6) is 0 Å². The summed E-state index contributed by atoms with van der Waals surface area (Å²) >= 11 is 5.45. The van der Waals surface area contributed by atoms with Gasteiger partial charge < -0.3 is 10.2 Å². The molecule has 0 aromatic carbocycles. The third-order valence-corrected chi connectivity index (χ3v) is 4.39. The fraction of sp³-hybridized carbons (Fsp3) is 0.917. The van der Waals surface area contributed by atoms with E-state index in [1.165, 1.54) is 45.2 Å². The SMILES string of the molecule is S=C(NC1CC1)N1CCC(N2CCCC2)C1. The van der Waals surface area contributed by atoms with E-state index in [-0.39, 0.29) is 0 Å². The number of likely N-dealkylation sites (tertiary alicyclic amines) is 2. The minimum Gasteiger partial charge on any atom is -0.360 e. The maximum Gasteiger partial charge on any atom is 0.169 e. The highest BCUT2D eigenvalue weighted by Gasteiger charge is 2.31. The molecule has 1 N–H and O–H groups in total. The summed E-state index contributed by atoms with van der Waals surface area (Å²) in [5, 5.41) is 4.45. The van der Waals surface area contributed by atoms with Gasteiger partial charge in [0.1, 0.15) is 0 Å². The summed E-state index contributed by atoms with van der Waals surface area (Å²) < 4.78 is 0. The molecule has 2 heterocycles. The monoisotopic (exact) mass is 239 g/mol. The smallest absolute Gasteiger partial charge is 0.169 e. The molecule has 1 unspecified atom stereocenters. The van der Waals surface area contributed by atoms with Crippen LogP contribution < -0.4 is 5.32 Å². The Morgan fingerprint density at radius 2 is 1.81 bits per heavy atom. The van der Waals surface area contributed by atoms with Gasteiger partial charge in [-0.05, 0) is 57.4 Å². The maximum absolute atomic E-state index is 5.45. The van der Waals surface area contributed by atoms with Gasteiger partial charge in [0, 0.05) is 25.2 Å². The molecule has 0 aromatic rings. The van der Waals surface area contributed by atoms with Crippen molar-refractivity contribution >= 4 is 17.3 Å². The Hall–Kier alpha value is -0.350. The van der Waals surface area contributed by atoms with Crippen molar-refractivity contribution in [2.75, 3.05) is 26.2 Å². The Morgan fingerprint density at radius 1 is 1.06 bits per heavy atom. The van der Waals surface area contributed by atoms with Crippen LogP contribution in [0.25, 0.3) is 0 Å². The number of nitrogens with one attached hydrogen (secondary N) is 1. The van der Waals surface area contributed by atoms with Gasteiger partial charge in [0.2, 0.25) is 0 Å². The molecule has 0 amide bonds. The second-order valence-corrected chi connectivity index (χ2v) is 5.74. The van der Waals surface area contributed by atoms with Crippen LogP contribution in [0.15, 0.2) is 0 Å². The van der Waals surface area contributed by atoms with Crippen LogP contribution in [0.1, 0.15) is 32.1 Å². The summed E-state index contributed by atoms with van der Waals surface area (Å²) in [6, 6.07) is 1.46. The topological polar surface area (TPSA) is 18.5 Å². The molecule has 90 valence electrons. The predicted octanol–water partition coefficient (Wildman–Crippen LogP) is 1.19. The predicted molar refractivity (Wildman–Crippen MR) is 69.5 cm³/mol. The molecule has 0 radical (unpaired) electrons. The Labute approximate surface area is 103 Å². The summed E-state index contributed by atoms with van der Waals surface area (Å²) in [4.78, 5) is 5.02. The summed E-state index contributed by atoms with van der Waals surface area (Å²) in [6.45, 7) is 4.92. The zero-order valence-electron chi connectivity index (χ0n) is 9.82. The molecule has 0 bridgehead atoms. The highest BCUT2D eigenvalue weighted by molar-refractivity contribution is 7.80. The van der Waals surface area contributed by atoms with Crippen molar-refractivity contribution in [3.8, 4) is 0 Å². The van der Waals surface area contributed by atoms with Crippen molar-refractivity contribution in [2.45, 2.75) is 44.2 Å². The lowest BCUT2D eigenvalue weighted by Gasteiger charge is -2.25. The molecule has 16 heavy (non-hydrogen) atoms. The standard InChI is InChI=1S/C12H21N3S/c16-12(13-10-3-4-10)15-8-5-11(9-15)14-6-1-2-7-14/h10-11H,1-9H2,(H,13,16). The van der Waals surface area contributed by atoms with Crippen LogP contribution in [0.4, 0.5) is 0 Å². The molecular weight excluding hydrogens is 218 g/mol. The highest BCUT2D eigenvalue weighted by atomic mass is 32.1. The Morgan fingerprint density at radius 3 is 2.50 bits per heavy atom.